The fourth-order valence-electron chi connectivity index (χ4n) is 4.00. The van der Waals surface area contributed by atoms with Crippen LogP contribution in [0.2, 0.25) is 5.02 Å². The van der Waals surface area contributed by atoms with Crippen LogP contribution in [0.15, 0.2) is 36.7 Å². The van der Waals surface area contributed by atoms with Gasteiger partial charge in [-0.1, -0.05) is 11.6 Å². The number of benzene rings is 1. The van der Waals surface area contributed by atoms with Gasteiger partial charge in [0, 0.05) is 43.7 Å². The first-order valence-electron chi connectivity index (χ1n) is 10.6. The van der Waals surface area contributed by atoms with Crippen LogP contribution in [0.25, 0.3) is 16.9 Å². The van der Waals surface area contributed by atoms with Gasteiger partial charge in [-0.2, -0.15) is 0 Å². The van der Waals surface area contributed by atoms with Crippen molar-refractivity contribution >= 4 is 29.0 Å². The number of hydrogen-bond acceptors (Lipinski definition) is 5. The van der Waals surface area contributed by atoms with Gasteiger partial charge in [0.2, 0.25) is 0 Å². The van der Waals surface area contributed by atoms with E-state index in [1.165, 1.54) is 7.11 Å². The standard InChI is InChI=1S/C23H28ClN5O3/c1-26(2)6-4-7-27-9-10-29(23(27)31)17-5-8-28-14-20(25-22(28)12-17)18-13-19(24)21(32-3)11-16(18)15-30/h5,8,11-14,30H,4,6-7,9-10,15H2,1-3H3. The van der Waals surface area contributed by atoms with Crippen molar-refractivity contribution in [2.24, 2.45) is 0 Å². The number of urea groups is 1. The number of carbonyl (C=O) groups is 1. The molecular weight excluding hydrogens is 430 g/mol. The molecule has 0 spiro atoms. The highest BCUT2D eigenvalue weighted by Gasteiger charge is 2.29. The molecule has 1 N–H and O–H groups in total. The maximum Gasteiger partial charge on any atom is 0.324 e. The number of aliphatic hydroxyl groups is 1. The largest absolute Gasteiger partial charge is 0.495 e. The third-order valence-electron chi connectivity index (χ3n) is 5.71. The zero-order valence-electron chi connectivity index (χ0n) is 18.6. The first-order chi connectivity index (χ1) is 15.4. The molecule has 1 aromatic carbocycles. The fourth-order valence-corrected chi connectivity index (χ4v) is 4.24. The number of carbonyl (C=O) groups excluding carboxylic acids is 1. The van der Waals surface area contributed by atoms with Crippen molar-refractivity contribution in [1.82, 2.24) is 19.2 Å². The predicted octanol–water partition coefficient (Wildman–Crippen LogP) is 3.35. The van der Waals surface area contributed by atoms with Gasteiger partial charge >= 0.3 is 6.03 Å². The number of pyridine rings is 1. The van der Waals surface area contributed by atoms with Gasteiger partial charge < -0.3 is 24.0 Å². The molecule has 9 heteroatoms. The van der Waals surface area contributed by atoms with Crippen LogP contribution >= 0.6 is 11.6 Å². The molecule has 8 nitrogen and oxygen atoms in total. The molecule has 32 heavy (non-hydrogen) atoms. The van der Waals surface area contributed by atoms with Crippen molar-refractivity contribution in [2.75, 3.05) is 52.3 Å². The summed E-state index contributed by atoms with van der Waals surface area (Å²) in [4.78, 5) is 23.4. The van der Waals surface area contributed by atoms with Gasteiger partial charge in [0.25, 0.3) is 0 Å². The lowest BCUT2D eigenvalue weighted by Crippen LogP contribution is -2.33. The zero-order chi connectivity index (χ0) is 22.8. The van der Waals surface area contributed by atoms with Crippen molar-refractivity contribution in [3.8, 4) is 17.0 Å². The predicted molar refractivity (Wildman–Crippen MR) is 126 cm³/mol. The molecule has 0 atom stereocenters. The summed E-state index contributed by atoms with van der Waals surface area (Å²) < 4.78 is 7.15. The average Bonchev–Trinajstić information content (AvgIpc) is 3.36. The highest BCUT2D eigenvalue weighted by molar-refractivity contribution is 6.32. The molecule has 170 valence electrons. The molecule has 1 aliphatic rings. The van der Waals surface area contributed by atoms with Gasteiger partial charge in [-0.05, 0) is 50.8 Å². The number of ether oxygens (including phenoxy) is 1. The quantitative estimate of drug-likeness (QED) is 0.561. The number of halogens is 1. The highest BCUT2D eigenvalue weighted by Crippen LogP contribution is 2.34. The van der Waals surface area contributed by atoms with Crippen LogP contribution in [-0.2, 0) is 6.61 Å². The summed E-state index contributed by atoms with van der Waals surface area (Å²) in [7, 11) is 5.61. The Morgan fingerprint density at radius 2 is 2.06 bits per heavy atom. The SMILES string of the molecule is COc1cc(CO)c(-c2cn3ccc(N4CCN(CCCN(C)C)C4=O)cc3n2)cc1Cl. The second-order valence-electron chi connectivity index (χ2n) is 8.16. The second kappa shape index (κ2) is 9.36. The van der Waals surface area contributed by atoms with Crippen molar-refractivity contribution < 1.29 is 14.6 Å². The Morgan fingerprint density at radius 3 is 2.78 bits per heavy atom. The van der Waals surface area contributed by atoms with E-state index in [1.807, 2.05) is 47.9 Å². The Balaban J connectivity index is 1.58. The van der Waals surface area contributed by atoms with E-state index in [-0.39, 0.29) is 12.6 Å². The smallest absolute Gasteiger partial charge is 0.324 e. The summed E-state index contributed by atoms with van der Waals surface area (Å²) in [5.41, 5.74) is 3.65. The van der Waals surface area contributed by atoms with E-state index in [2.05, 4.69) is 4.90 Å². The van der Waals surface area contributed by atoms with Crippen LogP contribution in [0, 0.1) is 0 Å². The Hall–Kier alpha value is -2.81. The third kappa shape index (κ3) is 4.39. The summed E-state index contributed by atoms with van der Waals surface area (Å²) in [5.74, 6) is 0.508. The number of aromatic nitrogens is 2. The first kappa shape index (κ1) is 22.4. The minimum atomic E-state index is -0.159. The Bertz CT molecular complexity index is 1130. The number of nitrogens with zero attached hydrogens (tertiary/aromatic N) is 5. The Morgan fingerprint density at radius 1 is 1.25 bits per heavy atom. The Kier molecular flexibility index (Phi) is 6.55. The van der Waals surface area contributed by atoms with E-state index in [0.29, 0.717) is 34.2 Å². The molecule has 2 amide bonds. The van der Waals surface area contributed by atoms with Gasteiger partial charge in [0.15, 0.2) is 0 Å². The zero-order valence-corrected chi connectivity index (χ0v) is 19.3. The van der Waals surface area contributed by atoms with E-state index in [9.17, 15) is 9.90 Å². The van der Waals surface area contributed by atoms with Crippen LogP contribution in [0.3, 0.4) is 0 Å². The van der Waals surface area contributed by atoms with Gasteiger partial charge in [-0.15, -0.1) is 0 Å². The maximum absolute atomic E-state index is 12.9. The van der Waals surface area contributed by atoms with E-state index < -0.39 is 0 Å². The number of amides is 2. The van der Waals surface area contributed by atoms with Gasteiger partial charge in [0.05, 0.1) is 30.1 Å². The number of imidazole rings is 1. The molecule has 2 aromatic heterocycles. The van der Waals surface area contributed by atoms with Crippen LogP contribution in [0.1, 0.15) is 12.0 Å². The second-order valence-corrected chi connectivity index (χ2v) is 8.56. The normalized spacial score (nSPS) is 14.2. The van der Waals surface area contributed by atoms with Crippen LogP contribution in [0.5, 0.6) is 5.75 Å². The topological polar surface area (TPSA) is 73.6 Å². The molecule has 1 aliphatic heterocycles. The van der Waals surface area contributed by atoms with Gasteiger partial charge in [-0.3, -0.25) is 4.90 Å². The van der Waals surface area contributed by atoms with E-state index in [0.717, 1.165) is 37.3 Å². The highest BCUT2D eigenvalue weighted by atomic mass is 35.5. The summed E-state index contributed by atoms with van der Waals surface area (Å²) in [6, 6.07) is 7.34. The van der Waals surface area contributed by atoms with Crippen LogP contribution in [-0.4, -0.2) is 77.7 Å². The number of rotatable bonds is 8. The molecular formula is C23H28ClN5O3. The molecule has 0 bridgehead atoms. The van der Waals surface area contributed by atoms with Crippen molar-refractivity contribution in [1.29, 1.82) is 0 Å². The maximum atomic E-state index is 12.9. The monoisotopic (exact) mass is 457 g/mol. The van der Waals surface area contributed by atoms with E-state index >= 15 is 0 Å². The fraction of sp³-hybridized carbons (Fsp3) is 0.391. The van der Waals surface area contributed by atoms with Gasteiger partial charge in [-0.25, -0.2) is 9.78 Å². The van der Waals surface area contributed by atoms with E-state index in [1.54, 1.807) is 17.0 Å². The third-order valence-corrected chi connectivity index (χ3v) is 6.00. The lowest BCUT2D eigenvalue weighted by molar-refractivity contribution is 0.218. The molecule has 0 radical (unpaired) electrons. The lowest BCUT2D eigenvalue weighted by Gasteiger charge is -2.19. The molecule has 0 aliphatic carbocycles. The molecule has 3 heterocycles. The van der Waals surface area contributed by atoms with Crippen molar-refractivity contribution in [3.05, 3.63) is 47.2 Å². The molecule has 1 saturated heterocycles. The van der Waals surface area contributed by atoms with Crippen LogP contribution < -0.4 is 9.64 Å². The first-order valence-corrected chi connectivity index (χ1v) is 11.0. The average molecular weight is 458 g/mol. The summed E-state index contributed by atoms with van der Waals surface area (Å²) in [6.07, 6.45) is 4.73. The van der Waals surface area contributed by atoms with Crippen molar-refractivity contribution in [3.63, 3.8) is 0 Å². The number of hydrogen-bond donors (Lipinski definition) is 1. The number of anilines is 1. The molecule has 0 saturated carbocycles. The number of fused-ring (bicyclic) bond motifs is 1. The molecule has 3 aromatic rings. The van der Waals surface area contributed by atoms with Crippen molar-refractivity contribution in [2.45, 2.75) is 13.0 Å². The molecule has 1 fully saturated rings. The minimum Gasteiger partial charge on any atom is -0.495 e. The molecule has 4 rings (SSSR count). The minimum absolute atomic E-state index is 0.0318. The van der Waals surface area contributed by atoms with Gasteiger partial charge in [0.1, 0.15) is 11.4 Å². The molecule has 0 unspecified atom stereocenters. The van der Waals surface area contributed by atoms with E-state index in [4.69, 9.17) is 21.3 Å². The number of aliphatic hydroxyl groups excluding tert-OH is 1. The summed E-state index contributed by atoms with van der Waals surface area (Å²) >= 11 is 6.31. The summed E-state index contributed by atoms with van der Waals surface area (Å²) in [6.45, 7) is 2.94. The van der Waals surface area contributed by atoms with Crippen LogP contribution in [0.4, 0.5) is 10.5 Å². The number of methoxy groups -OCH3 is 1. The summed E-state index contributed by atoms with van der Waals surface area (Å²) in [5, 5.41) is 10.3. The lowest BCUT2D eigenvalue weighted by atomic mass is 10.1. The Labute approximate surface area is 192 Å².